The molecule has 1 aromatic carbocycles. The summed E-state index contributed by atoms with van der Waals surface area (Å²) < 4.78 is 14.3. The van der Waals surface area contributed by atoms with Crippen molar-refractivity contribution in [3.05, 3.63) is 69.6 Å². The average molecular weight is 889 g/mol. The van der Waals surface area contributed by atoms with Crippen molar-refractivity contribution in [1.82, 2.24) is 9.55 Å². The summed E-state index contributed by atoms with van der Waals surface area (Å²) in [5.74, 6) is 0.644. The number of aliphatic hydroxyl groups excluding tert-OH is 2. The van der Waals surface area contributed by atoms with E-state index in [-0.39, 0.29) is 46.4 Å². The van der Waals surface area contributed by atoms with Crippen molar-refractivity contribution in [3.63, 3.8) is 0 Å². The zero-order valence-corrected chi connectivity index (χ0v) is 41.5. The molecule has 3 aromatic rings. The number of nitrogens with one attached hydrogen (secondary N) is 1. The Hall–Kier alpha value is -3.04. The van der Waals surface area contributed by atoms with Crippen molar-refractivity contribution in [1.29, 1.82) is 0 Å². The first-order chi connectivity index (χ1) is 30.7. The second-order valence-corrected chi connectivity index (χ2v) is 24.8. The topological polar surface area (TPSA) is 117 Å². The molecule has 3 N–H and O–H groups in total. The lowest BCUT2D eigenvalue weighted by atomic mass is 9.33. The smallest absolute Gasteiger partial charge is 0.163 e. The van der Waals surface area contributed by atoms with Crippen molar-refractivity contribution < 1.29 is 29.3 Å². The standard InChI is InChI=1S/C57H80N2O6/c1-11-12-13-14-40-49(63)45-44-39(48(62)50-55(8)21-17-43(61)52(3,4)42(55)16-22-56(50,9)57(40,44)10)32-59-31-38(28-34-25-33(2)26-37(27-34)35-18-23-64-24-19-35)46-47(59)36(30-58-46)15-20-54(45,7)29-41(60)51-53(5,6)65-51/h25-27,30-31,35,39-42,48,50-51,58,60,62H,11-24,28-29,32H2,1-10H3/t39-,40+,41+,42-,48+,50+,51+,54-,55+,56-,57-/m0/s1. The minimum Gasteiger partial charge on any atom is -0.392 e. The van der Waals surface area contributed by atoms with E-state index in [0.29, 0.717) is 37.5 Å². The van der Waals surface area contributed by atoms with Crippen LogP contribution in [0.2, 0.25) is 0 Å². The predicted molar refractivity (Wildman–Crippen MR) is 257 cm³/mol. The van der Waals surface area contributed by atoms with E-state index < -0.39 is 34.1 Å². The maximum absolute atomic E-state index is 16.1. The highest BCUT2D eigenvalue weighted by Gasteiger charge is 2.74. The molecular weight excluding hydrogens is 809 g/mol. The number of aryl methyl sites for hydroxylation is 2. The lowest BCUT2D eigenvalue weighted by Gasteiger charge is -2.70. The fourth-order valence-electron chi connectivity index (χ4n) is 16.8. The van der Waals surface area contributed by atoms with E-state index in [4.69, 9.17) is 9.47 Å². The third-order valence-electron chi connectivity index (χ3n) is 20.2. The van der Waals surface area contributed by atoms with Crippen LogP contribution in [-0.4, -0.2) is 68.5 Å². The molecule has 2 aromatic heterocycles. The fraction of sp³-hybridized carbons (Fsp3) is 0.719. The van der Waals surface area contributed by atoms with Crippen LogP contribution in [0.5, 0.6) is 0 Å². The van der Waals surface area contributed by atoms with Gasteiger partial charge in [-0.1, -0.05) is 91.5 Å². The van der Waals surface area contributed by atoms with Crippen molar-refractivity contribution >= 4 is 22.6 Å². The number of aliphatic hydroxyl groups is 2. The lowest BCUT2D eigenvalue weighted by Crippen LogP contribution is -2.68. The van der Waals surface area contributed by atoms with Crippen LogP contribution in [0.4, 0.5) is 0 Å². The first-order valence-electron chi connectivity index (χ1n) is 25.9. The first-order valence-corrected chi connectivity index (χ1v) is 25.9. The number of benzene rings is 1. The number of hydrogen-bond donors (Lipinski definition) is 3. The molecule has 0 spiro atoms. The van der Waals surface area contributed by atoms with E-state index in [1.54, 1.807) is 0 Å². The molecule has 8 heteroatoms. The maximum Gasteiger partial charge on any atom is 0.163 e. The summed E-state index contributed by atoms with van der Waals surface area (Å²) in [5.41, 5.74) is 8.26. The van der Waals surface area contributed by atoms with Crippen LogP contribution in [0, 0.1) is 57.7 Å². The molecule has 2 saturated heterocycles. The molecule has 3 aliphatic heterocycles. The number of allylic oxidation sites excluding steroid dienone is 1. The molecule has 0 unspecified atom stereocenters. The van der Waals surface area contributed by atoms with Crippen LogP contribution in [0.3, 0.4) is 0 Å². The minimum atomic E-state index is -0.724. The first kappa shape index (κ1) is 45.7. The lowest BCUT2D eigenvalue weighted by molar-refractivity contribution is -0.227. The van der Waals surface area contributed by atoms with E-state index in [1.807, 2.05) is 0 Å². The van der Waals surface area contributed by atoms with Gasteiger partial charge >= 0.3 is 0 Å². The summed E-state index contributed by atoms with van der Waals surface area (Å²) >= 11 is 0. The number of Topliss-reactive ketones (excluding diaryl/α,β-unsaturated/α-hetero) is 2. The molecule has 0 bridgehead atoms. The van der Waals surface area contributed by atoms with Crippen molar-refractivity contribution in [2.24, 2.45) is 50.7 Å². The number of H-pyrrole nitrogens is 1. The van der Waals surface area contributed by atoms with Gasteiger partial charge in [-0.15, -0.1) is 0 Å². The number of ether oxygens (including phenoxy) is 2. The molecular formula is C57H80N2O6. The highest BCUT2D eigenvalue weighted by molar-refractivity contribution is 6.03. The van der Waals surface area contributed by atoms with Crippen LogP contribution >= 0.6 is 0 Å². The highest BCUT2D eigenvalue weighted by atomic mass is 16.6. The van der Waals surface area contributed by atoms with Gasteiger partial charge in [0.05, 0.1) is 28.8 Å². The number of aromatic nitrogens is 2. The molecule has 10 rings (SSSR count). The molecule has 5 fully saturated rings. The molecule has 7 aliphatic rings. The monoisotopic (exact) mass is 889 g/mol. The number of nitrogens with zero attached hydrogens (tertiary/aromatic N) is 1. The normalized spacial score (nSPS) is 38.1. The van der Waals surface area contributed by atoms with E-state index in [0.717, 1.165) is 94.9 Å². The van der Waals surface area contributed by atoms with E-state index in [9.17, 15) is 15.0 Å². The zero-order valence-electron chi connectivity index (χ0n) is 41.5. The van der Waals surface area contributed by atoms with Crippen molar-refractivity contribution in [2.75, 3.05) is 13.2 Å². The van der Waals surface area contributed by atoms with Gasteiger partial charge in [0.15, 0.2) is 5.78 Å². The summed E-state index contributed by atoms with van der Waals surface area (Å²) in [6.07, 6.45) is 14.7. The van der Waals surface area contributed by atoms with Gasteiger partial charge in [0.2, 0.25) is 0 Å². The van der Waals surface area contributed by atoms with Gasteiger partial charge in [-0.05, 0) is 140 Å². The number of hydrogen-bond acceptors (Lipinski definition) is 6. The predicted octanol–water partition coefficient (Wildman–Crippen LogP) is 11.1. The molecule has 5 heterocycles. The van der Waals surface area contributed by atoms with Crippen LogP contribution in [0.15, 0.2) is 41.7 Å². The number of aromatic amines is 1. The molecule has 8 nitrogen and oxygen atoms in total. The van der Waals surface area contributed by atoms with Crippen molar-refractivity contribution in [3.8, 4) is 0 Å². The Balaban J connectivity index is 1.16. The molecule has 0 amide bonds. The molecule has 65 heavy (non-hydrogen) atoms. The van der Waals surface area contributed by atoms with Gasteiger partial charge in [-0.25, -0.2) is 0 Å². The van der Waals surface area contributed by atoms with Gasteiger partial charge in [0, 0.05) is 73.2 Å². The van der Waals surface area contributed by atoms with Gasteiger partial charge in [-0.3, -0.25) is 9.59 Å². The Labute approximate surface area is 389 Å². The molecule has 0 radical (unpaired) electrons. The van der Waals surface area contributed by atoms with E-state index in [2.05, 4.69) is 109 Å². The van der Waals surface area contributed by atoms with Crippen LogP contribution in [0.25, 0.3) is 11.0 Å². The average Bonchev–Trinajstić information content (AvgIpc) is 3.47. The van der Waals surface area contributed by atoms with Gasteiger partial charge < -0.3 is 29.2 Å². The number of fused-ring (bicyclic) bond motifs is 4. The number of carbonyl (C=O) groups is 2. The van der Waals surface area contributed by atoms with Crippen LogP contribution in [0.1, 0.15) is 173 Å². The van der Waals surface area contributed by atoms with Gasteiger partial charge in [-0.2, -0.15) is 0 Å². The Kier molecular flexibility index (Phi) is 11.1. The SMILES string of the molecule is CCCCC[C@@H]1C(=O)C2=C3[C@H](Cn4cc(Cc5cc(C)cc(C6CCOCC6)c5)c5[nH]cc(c54)CC[C@@]2(C)C[C@@H](O)[C@H]2OC2(C)C)[C@@H](O)[C@@H]2[C@]4(C)CCC(=O)C(C)(C)[C@@H]4CC[C@]2(C)[C@]31C. The number of rotatable bonds is 10. The molecule has 3 saturated carbocycles. The Bertz CT molecular complexity index is 2410. The van der Waals surface area contributed by atoms with Crippen LogP contribution in [-0.2, 0) is 38.4 Å². The largest absolute Gasteiger partial charge is 0.392 e. The Morgan fingerprint density at radius 3 is 2.38 bits per heavy atom. The Morgan fingerprint density at radius 1 is 0.938 bits per heavy atom. The number of unbranched alkanes of at least 4 members (excludes halogenated alkanes) is 2. The molecule has 354 valence electrons. The summed E-state index contributed by atoms with van der Waals surface area (Å²) in [6.45, 7) is 24.7. The highest BCUT2D eigenvalue weighted by Crippen LogP contribution is 2.77. The summed E-state index contributed by atoms with van der Waals surface area (Å²) in [4.78, 5) is 33.7. The third-order valence-corrected chi connectivity index (χ3v) is 20.2. The molecule has 11 atom stereocenters. The minimum absolute atomic E-state index is 0.103. The summed E-state index contributed by atoms with van der Waals surface area (Å²) in [5, 5.41) is 26.0. The van der Waals surface area contributed by atoms with E-state index in [1.165, 1.54) is 38.9 Å². The molecule has 4 aliphatic carbocycles. The van der Waals surface area contributed by atoms with E-state index >= 15 is 4.79 Å². The van der Waals surface area contributed by atoms with Crippen molar-refractivity contribution in [2.45, 2.75) is 196 Å². The van der Waals surface area contributed by atoms with Gasteiger partial charge in [0.1, 0.15) is 11.9 Å². The summed E-state index contributed by atoms with van der Waals surface area (Å²) in [6, 6.07) is 7.14. The number of epoxide rings is 1. The second-order valence-electron chi connectivity index (χ2n) is 24.8. The maximum atomic E-state index is 16.1. The quantitative estimate of drug-likeness (QED) is 0.138. The Morgan fingerprint density at radius 2 is 1.68 bits per heavy atom. The third kappa shape index (κ3) is 6.84. The second kappa shape index (κ2) is 15.8. The number of carbonyl (C=O) groups excluding carboxylic acids is 2. The summed E-state index contributed by atoms with van der Waals surface area (Å²) in [7, 11) is 0. The zero-order chi connectivity index (χ0) is 46.2. The van der Waals surface area contributed by atoms with Gasteiger partial charge in [0.25, 0.3) is 0 Å². The number of ketones is 2. The van der Waals surface area contributed by atoms with Crippen LogP contribution < -0.4 is 0 Å². The fourth-order valence-corrected chi connectivity index (χ4v) is 16.8.